The van der Waals surface area contributed by atoms with Gasteiger partial charge in [0.1, 0.15) is 0 Å². The van der Waals surface area contributed by atoms with Crippen molar-refractivity contribution in [1.82, 2.24) is 9.21 Å². The summed E-state index contributed by atoms with van der Waals surface area (Å²) in [5.41, 5.74) is 1.59. The van der Waals surface area contributed by atoms with E-state index in [4.69, 9.17) is 0 Å². The number of piperidine rings is 1. The fourth-order valence-electron chi connectivity index (χ4n) is 3.61. The monoisotopic (exact) mass is 308 g/mol. The molecule has 0 atom stereocenters. The molecule has 4 nitrogen and oxygen atoms in total. The molecule has 2 saturated heterocycles. The van der Waals surface area contributed by atoms with E-state index in [9.17, 15) is 8.42 Å². The van der Waals surface area contributed by atoms with Crippen molar-refractivity contribution in [3.05, 3.63) is 35.9 Å². The van der Waals surface area contributed by atoms with E-state index in [2.05, 4.69) is 29.2 Å². The van der Waals surface area contributed by atoms with Crippen LogP contribution in [-0.2, 0) is 16.6 Å². The van der Waals surface area contributed by atoms with Gasteiger partial charge in [-0.2, -0.15) is 0 Å². The van der Waals surface area contributed by atoms with Crippen LogP contribution in [0.3, 0.4) is 0 Å². The molecule has 5 heteroatoms. The number of rotatable bonds is 3. The Morgan fingerprint density at radius 1 is 1.05 bits per heavy atom. The van der Waals surface area contributed by atoms with Gasteiger partial charge in [0.05, 0.1) is 6.26 Å². The van der Waals surface area contributed by atoms with Gasteiger partial charge in [0.15, 0.2) is 0 Å². The molecule has 0 aromatic heterocycles. The topological polar surface area (TPSA) is 40.6 Å². The van der Waals surface area contributed by atoms with Gasteiger partial charge < -0.3 is 0 Å². The Hall–Kier alpha value is -0.910. The largest absolute Gasteiger partial charge is 0.299 e. The summed E-state index contributed by atoms with van der Waals surface area (Å²) in [5.74, 6) is 0. The zero-order chi connectivity index (χ0) is 14.9. The van der Waals surface area contributed by atoms with E-state index in [0.717, 1.165) is 45.4 Å². The fourth-order valence-corrected chi connectivity index (χ4v) is 4.54. The maximum Gasteiger partial charge on any atom is 0.211 e. The van der Waals surface area contributed by atoms with Crippen molar-refractivity contribution >= 4 is 10.0 Å². The van der Waals surface area contributed by atoms with Crippen LogP contribution in [0.2, 0.25) is 0 Å². The van der Waals surface area contributed by atoms with Crippen LogP contribution in [0.15, 0.2) is 30.3 Å². The summed E-state index contributed by atoms with van der Waals surface area (Å²) in [6.45, 7) is 4.59. The molecule has 116 valence electrons. The Labute approximate surface area is 127 Å². The van der Waals surface area contributed by atoms with Crippen LogP contribution in [0.5, 0.6) is 0 Å². The number of sulfonamides is 1. The highest BCUT2D eigenvalue weighted by atomic mass is 32.2. The summed E-state index contributed by atoms with van der Waals surface area (Å²) >= 11 is 0. The van der Waals surface area contributed by atoms with Crippen LogP contribution in [-0.4, -0.2) is 50.1 Å². The van der Waals surface area contributed by atoms with Crippen molar-refractivity contribution in [2.24, 2.45) is 5.41 Å². The molecule has 0 N–H and O–H groups in total. The summed E-state index contributed by atoms with van der Waals surface area (Å²) in [7, 11) is -3.02. The molecular weight excluding hydrogens is 284 g/mol. The summed E-state index contributed by atoms with van der Waals surface area (Å²) < 4.78 is 25.0. The van der Waals surface area contributed by atoms with E-state index in [0.29, 0.717) is 6.54 Å². The molecule has 0 saturated carbocycles. The minimum absolute atomic E-state index is 0.232. The zero-order valence-electron chi connectivity index (χ0n) is 12.7. The first-order valence-electron chi connectivity index (χ1n) is 7.68. The van der Waals surface area contributed by atoms with Crippen LogP contribution in [0.4, 0.5) is 0 Å². The molecule has 0 aliphatic carbocycles. The quantitative estimate of drug-likeness (QED) is 0.857. The Balaban J connectivity index is 1.56. The second-order valence-corrected chi connectivity index (χ2v) is 8.59. The molecule has 21 heavy (non-hydrogen) atoms. The summed E-state index contributed by atoms with van der Waals surface area (Å²) in [5, 5.41) is 0. The van der Waals surface area contributed by atoms with E-state index in [-0.39, 0.29) is 5.41 Å². The lowest BCUT2D eigenvalue weighted by molar-refractivity contribution is 0.109. The molecule has 1 spiro atoms. The highest BCUT2D eigenvalue weighted by Crippen LogP contribution is 2.41. The Morgan fingerprint density at radius 2 is 1.67 bits per heavy atom. The van der Waals surface area contributed by atoms with E-state index in [1.54, 1.807) is 4.31 Å². The zero-order valence-corrected chi connectivity index (χ0v) is 13.5. The molecule has 1 aromatic carbocycles. The normalized spacial score (nSPS) is 23.7. The fraction of sp³-hybridized carbons (Fsp3) is 0.625. The predicted molar refractivity (Wildman–Crippen MR) is 84.4 cm³/mol. The molecular formula is C16H24N2O2S. The highest BCUT2D eigenvalue weighted by Gasteiger charge is 2.42. The molecule has 0 bridgehead atoms. The van der Waals surface area contributed by atoms with Crippen LogP contribution in [0.1, 0.15) is 24.8 Å². The third-order valence-corrected chi connectivity index (χ3v) is 6.29. The van der Waals surface area contributed by atoms with Gasteiger partial charge in [0.2, 0.25) is 10.0 Å². The highest BCUT2D eigenvalue weighted by molar-refractivity contribution is 7.88. The molecule has 0 radical (unpaired) electrons. The molecule has 2 aliphatic rings. The van der Waals surface area contributed by atoms with Crippen LogP contribution in [0.25, 0.3) is 0 Å². The first-order valence-corrected chi connectivity index (χ1v) is 9.53. The molecule has 0 amide bonds. The smallest absolute Gasteiger partial charge is 0.211 e. The minimum Gasteiger partial charge on any atom is -0.299 e. The molecule has 2 heterocycles. The van der Waals surface area contributed by atoms with Gasteiger partial charge in [-0.05, 0) is 43.3 Å². The molecule has 2 aliphatic heterocycles. The SMILES string of the molecule is CS(=O)(=O)N1CCC2(CCN(Cc3ccccc3)CC2)C1. The van der Waals surface area contributed by atoms with Crippen molar-refractivity contribution in [1.29, 1.82) is 0 Å². The number of hydrogen-bond acceptors (Lipinski definition) is 3. The lowest BCUT2D eigenvalue weighted by Gasteiger charge is -2.39. The van der Waals surface area contributed by atoms with Gasteiger partial charge >= 0.3 is 0 Å². The third kappa shape index (κ3) is 3.47. The Bertz CT molecular complexity index is 578. The van der Waals surface area contributed by atoms with Crippen molar-refractivity contribution in [3.63, 3.8) is 0 Å². The van der Waals surface area contributed by atoms with Crippen molar-refractivity contribution in [3.8, 4) is 0 Å². The summed E-state index contributed by atoms with van der Waals surface area (Å²) in [6.07, 6.45) is 4.59. The lowest BCUT2D eigenvalue weighted by atomic mass is 9.78. The number of hydrogen-bond donors (Lipinski definition) is 0. The summed E-state index contributed by atoms with van der Waals surface area (Å²) in [4.78, 5) is 2.49. The number of benzene rings is 1. The van der Waals surface area contributed by atoms with E-state index >= 15 is 0 Å². The van der Waals surface area contributed by atoms with Gasteiger partial charge in [-0.3, -0.25) is 4.90 Å². The van der Waals surface area contributed by atoms with Crippen LogP contribution in [0, 0.1) is 5.41 Å². The predicted octanol–water partition coefficient (Wildman–Crippen LogP) is 1.93. The second kappa shape index (κ2) is 5.71. The molecule has 0 unspecified atom stereocenters. The van der Waals surface area contributed by atoms with Gasteiger partial charge in [0, 0.05) is 19.6 Å². The molecule has 3 rings (SSSR count). The van der Waals surface area contributed by atoms with Gasteiger partial charge in [-0.25, -0.2) is 12.7 Å². The molecule has 1 aromatic rings. The minimum atomic E-state index is -3.02. The maximum absolute atomic E-state index is 11.7. The Kier molecular flexibility index (Phi) is 4.08. The second-order valence-electron chi connectivity index (χ2n) is 6.61. The number of likely N-dealkylation sites (tertiary alicyclic amines) is 1. The van der Waals surface area contributed by atoms with Gasteiger partial charge in [0.25, 0.3) is 0 Å². The van der Waals surface area contributed by atoms with E-state index in [1.165, 1.54) is 11.8 Å². The Morgan fingerprint density at radius 3 is 2.24 bits per heavy atom. The van der Waals surface area contributed by atoms with E-state index in [1.807, 2.05) is 6.07 Å². The van der Waals surface area contributed by atoms with Crippen LogP contribution >= 0.6 is 0 Å². The van der Waals surface area contributed by atoms with Crippen LogP contribution < -0.4 is 0 Å². The van der Waals surface area contributed by atoms with Crippen molar-refractivity contribution in [2.75, 3.05) is 32.4 Å². The molecule has 2 fully saturated rings. The average molecular weight is 308 g/mol. The maximum atomic E-state index is 11.7. The first kappa shape index (κ1) is 15.0. The average Bonchev–Trinajstić information content (AvgIpc) is 2.87. The standard InChI is InChI=1S/C16H24N2O2S/c1-21(19,20)18-12-9-16(14-18)7-10-17(11-8-16)13-15-5-3-2-4-6-15/h2-6H,7-14H2,1H3. The van der Waals surface area contributed by atoms with Crippen molar-refractivity contribution in [2.45, 2.75) is 25.8 Å². The van der Waals surface area contributed by atoms with E-state index < -0.39 is 10.0 Å². The van der Waals surface area contributed by atoms with Crippen molar-refractivity contribution < 1.29 is 8.42 Å². The van der Waals surface area contributed by atoms with Gasteiger partial charge in [-0.15, -0.1) is 0 Å². The first-order chi connectivity index (χ1) is 9.97. The lowest BCUT2D eigenvalue weighted by Crippen LogP contribution is -2.41. The van der Waals surface area contributed by atoms with Gasteiger partial charge in [-0.1, -0.05) is 30.3 Å². The number of nitrogens with zero attached hydrogens (tertiary/aromatic N) is 2. The summed E-state index contributed by atoms with van der Waals surface area (Å²) in [6, 6.07) is 10.6. The third-order valence-electron chi connectivity index (χ3n) is 5.04.